The van der Waals surface area contributed by atoms with Gasteiger partial charge in [-0.25, -0.2) is 0 Å². The van der Waals surface area contributed by atoms with Crippen molar-refractivity contribution in [2.24, 2.45) is 0 Å². The summed E-state index contributed by atoms with van der Waals surface area (Å²) in [4.78, 5) is 0. The molecule has 0 N–H and O–H groups in total. The minimum absolute atomic E-state index is 0.842. The van der Waals surface area contributed by atoms with Crippen LogP contribution in [0.5, 0.6) is 0 Å². The lowest BCUT2D eigenvalue weighted by molar-refractivity contribution is 0.569. The maximum atomic E-state index is 2.36. The maximum Gasteiger partial charge on any atom is -0.0112 e. The van der Waals surface area contributed by atoms with Gasteiger partial charge in [0.1, 0.15) is 0 Å². The van der Waals surface area contributed by atoms with Crippen molar-refractivity contribution in [3.8, 4) is 0 Å². The van der Waals surface area contributed by atoms with Crippen molar-refractivity contribution in [3.05, 3.63) is 47.0 Å². The molecule has 0 heterocycles. The molecule has 0 bridgehead atoms. The third kappa shape index (κ3) is 0.923. The Labute approximate surface area is 89.9 Å². The molecule has 0 spiro atoms. The zero-order valence-corrected chi connectivity index (χ0v) is 8.79. The molecule has 4 rings (SSSR count). The van der Waals surface area contributed by atoms with Crippen LogP contribution in [0.1, 0.15) is 35.4 Å². The van der Waals surface area contributed by atoms with Crippen molar-refractivity contribution in [2.75, 3.05) is 0 Å². The molecule has 2 aromatic rings. The van der Waals surface area contributed by atoms with Gasteiger partial charge < -0.3 is 0 Å². The second kappa shape index (κ2) is 2.63. The van der Waals surface area contributed by atoms with E-state index in [0.717, 1.165) is 5.92 Å². The highest BCUT2D eigenvalue weighted by molar-refractivity contribution is 5.92. The van der Waals surface area contributed by atoms with Gasteiger partial charge in [0.15, 0.2) is 0 Å². The maximum absolute atomic E-state index is 2.36. The van der Waals surface area contributed by atoms with E-state index in [9.17, 15) is 0 Å². The van der Waals surface area contributed by atoms with Crippen molar-refractivity contribution in [3.63, 3.8) is 0 Å². The second-order valence-corrected chi connectivity index (χ2v) is 4.95. The first kappa shape index (κ1) is 7.92. The SMILES string of the molecule is c1cc2c3c4c(ccc3c1)CCCC4C2. The van der Waals surface area contributed by atoms with Crippen LogP contribution < -0.4 is 0 Å². The van der Waals surface area contributed by atoms with Crippen LogP contribution >= 0.6 is 0 Å². The first-order valence-electron chi connectivity index (χ1n) is 5.97. The molecule has 0 fully saturated rings. The van der Waals surface area contributed by atoms with Gasteiger partial charge in [0.25, 0.3) is 0 Å². The van der Waals surface area contributed by atoms with Crippen molar-refractivity contribution < 1.29 is 0 Å². The average molecular weight is 194 g/mol. The van der Waals surface area contributed by atoms with E-state index in [4.69, 9.17) is 0 Å². The lowest BCUT2D eigenvalue weighted by atomic mass is 9.83. The van der Waals surface area contributed by atoms with Gasteiger partial charge in [-0.05, 0) is 59.1 Å². The van der Waals surface area contributed by atoms with Crippen molar-refractivity contribution in [2.45, 2.75) is 31.6 Å². The Morgan fingerprint density at radius 1 is 1.00 bits per heavy atom. The Bertz CT molecular complexity index is 551. The normalized spacial score (nSPS) is 22.3. The third-order valence-electron chi connectivity index (χ3n) is 4.14. The van der Waals surface area contributed by atoms with Crippen LogP contribution in [0.3, 0.4) is 0 Å². The molecule has 0 nitrogen and oxygen atoms in total. The quantitative estimate of drug-likeness (QED) is 0.598. The largest absolute Gasteiger partial charge is 0.0614 e. The van der Waals surface area contributed by atoms with Crippen LogP contribution in [-0.4, -0.2) is 0 Å². The monoisotopic (exact) mass is 194 g/mol. The zero-order chi connectivity index (χ0) is 9.83. The lowest BCUT2D eigenvalue weighted by Gasteiger charge is -2.21. The lowest BCUT2D eigenvalue weighted by Crippen LogP contribution is -2.07. The molecule has 0 aliphatic heterocycles. The van der Waals surface area contributed by atoms with Gasteiger partial charge in [-0.2, -0.15) is 0 Å². The number of rotatable bonds is 0. The fourth-order valence-electron chi connectivity index (χ4n) is 3.54. The molecule has 0 heteroatoms. The molecule has 2 aromatic carbocycles. The summed E-state index contributed by atoms with van der Waals surface area (Å²) in [7, 11) is 0. The highest BCUT2D eigenvalue weighted by atomic mass is 14.3. The van der Waals surface area contributed by atoms with E-state index in [1.807, 2.05) is 0 Å². The van der Waals surface area contributed by atoms with Gasteiger partial charge in [0, 0.05) is 0 Å². The molecule has 0 radical (unpaired) electrons. The zero-order valence-electron chi connectivity index (χ0n) is 8.79. The highest BCUT2D eigenvalue weighted by Crippen LogP contribution is 2.45. The van der Waals surface area contributed by atoms with E-state index in [1.54, 1.807) is 22.1 Å². The molecule has 74 valence electrons. The molecule has 2 aliphatic rings. The first-order valence-corrected chi connectivity index (χ1v) is 5.97. The molecular weight excluding hydrogens is 180 g/mol. The molecule has 1 unspecified atom stereocenters. The smallest absolute Gasteiger partial charge is 0.0112 e. The van der Waals surface area contributed by atoms with Crippen LogP contribution in [0.25, 0.3) is 10.8 Å². The summed E-state index contributed by atoms with van der Waals surface area (Å²) in [6.45, 7) is 0. The summed E-state index contributed by atoms with van der Waals surface area (Å²) in [5.41, 5.74) is 4.93. The number of benzene rings is 2. The Hall–Kier alpha value is -1.30. The summed E-state index contributed by atoms with van der Waals surface area (Å²) >= 11 is 0. The third-order valence-corrected chi connectivity index (χ3v) is 4.14. The fraction of sp³-hybridized carbons (Fsp3) is 0.333. The molecule has 0 saturated heterocycles. The second-order valence-electron chi connectivity index (χ2n) is 4.95. The minimum atomic E-state index is 0.842. The number of hydrogen-bond donors (Lipinski definition) is 0. The van der Waals surface area contributed by atoms with Gasteiger partial charge >= 0.3 is 0 Å². The summed E-state index contributed by atoms with van der Waals surface area (Å²) in [5.74, 6) is 0.842. The Morgan fingerprint density at radius 3 is 3.00 bits per heavy atom. The van der Waals surface area contributed by atoms with Gasteiger partial charge in [-0.15, -0.1) is 0 Å². The predicted molar refractivity (Wildman–Crippen MR) is 63.3 cm³/mol. The average Bonchev–Trinajstić information content (AvgIpc) is 2.66. The molecular formula is C15H14. The molecule has 0 saturated carbocycles. The van der Waals surface area contributed by atoms with E-state index in [1.165, 1.54) is 31.1 Å². The Balaban J connectivity index is 2.19. The van der Waals surface area contributed by atoms with Crippen LogP contribution in [-0.2, 0) is 12.8 Å². The predicted octanol–water partition coefficient (Wildman–Crippen LogP) is 3.82. The van der Waals surface area contributed by atoms with E-state index < -0.39 is 0 Å². The van der Waals surface area contributed by atoms with E-state index in [2.05, 4.69) is 30.3 Å². The van der Waals surface area contributed by atoms with Crippen LogP contribution in [0.2, 0.25) is 0 Å². The molecule has 0 aromatic heterocycles. The summed E-state index contributed by atoms with van der Waals surface area (Å²) in [6.07, 6.45) is 5.39. The molecule has 15 heavy (non-hydrogen) atoms. The summed E-state index contributed by atoms with van der Waals surface area (Å²) < 4.78 is 0. The topological polar surface area (TPSA) is 0 Å². The minimum Gasteiger partial charge on any atom is -0.0614 e. The Morgan fingerprint density at radius 2 is 2.00 bits per heavy atom. The Kier molecular flexibility index (Phi) is 1.39. The highest BCUT2D eigenvalue weighted by Gasteiger charge is 2.28. The first-order chi connectivity index (χ1) is 7.43. The fourth-order valence-corrected chi connectivity index (χ4v) is 3.54. The molecule has 2 aliphatic carbocycles. The van der Waals surface area contributed by atoms with E-state index >= 15 is 0 Å². The van der Waals surface area contributed by atoms with Gasteiger partial charge in [-0.3, -0.25) is 0 Å². The van der Waals surface area contributed by atoms with Crippen LogP contribution in [0.15, 0.2) is 30.3 Å². The number of aryl methyl sites for hydroxylation is 1. The molecule has 1 atom stereocenters. The van der Waals surface area contributed by atoms with Crippen LogP contribution in [0, 0.1) is 0 Å². The van der Waals surface area contributed by atoms with Gasteiger partial charge in [0.05, 0.1) is 0 Å². The van der Waals surface area contributed by atoms with Gasteiger partial charge in [0.2, 0.25) is 0 Å². The van der Waals surface area contributed by atoms with Crippen LogP contribution in [0.4, 0.5) is 0 Å². The van der Waals surface area contributed by atoms with Crippen molar-refractivity contribution in [1.82, 2.24) is 0 Å². The van der Waals surface area contributed by atoms with Crippen molar-refractivity contribution in [1.29, 1.82) is 0 Å². The summed E-state index contributed by atoms with van der Waals surface area (Å²) in [6, 6.07) is 11.5. The van der Waals surface area contributed by atoms with E-state index in [0.29, 0.717) is 0 Å². The molecule has 0 amide bonds. The summed E-state index contributed by atoms with van der Waals surface area (Å²) in [5, 5.41) is 3.05. The van der Waals surface area contributed by atoms with Gasteiger partial charge in [-0.1, -0.05) is 30.3 Å². The standard InChI is InChI=1S/C15H14/c1-3-10-7-8-11-4-2-6-13-9-12(5-1)14(10)15(11)13/h1,3,5,7-8,13H,2,4,6,9H2. The number of hydrogen-bond acceptors (Lipinski definition) is 0. The van der Waals surface area contributed by atoms with E-state index in [-0.39, 0.29) is 0 Å². The van der Waals surface area contributed by atoms with Crippen molar-refractivity contribution >= 4 is 10.8 Å².